The lowest BCUT2D eigenvalue weighted by Crippen LogP contribution is -2.28. The van der Waals surface area contributed by atoms with Gasteiger partial charge in [0.25, 0.3) is 5.56 Å². The van der Waals surface area contributed by atoms with Crippen molar-refractivity contribution in [2.45, 2.75) is 13.2 Å². The largest absolute Gasteiger partial charge is 0.497 e. The molecule has 29 heavy (non-hydrogen) atoms. The topological polar surface area (TPSA) is 99.5 Å². The predicted octanol–water partition coefficient (Wildman–Crippen LogP) is 2.87. The van der Waals surface area contributed by atoms with Crippen LogP contribution in [0, 0.1) is 0 Å². The number of benzene rings is 2. The minimum Gasteiger partial charge on any atom is -0.497 e. The first-order valence-corrected chi connectivity index (χ1v) is 8.78. The Kier molecular flexibility index (Phi) is 6.36. The highest BCUT2D eigenvalue weighted by Gasteiger charge is 2.14. The zero-order valence-electron chi connectivity index (χ0n) is 15.7. The molecule has 8 heteroatoms. The fourth-order valence-electron chi connectivity index (χ4n) is 2.66. The number of aromatic nitrogens is 2. The molecule has 148 valence electrons. The number of ether oxygens (including phenoxy) is 2. The van der Waals surface area contributed by atoms with Gasteiger partial charge in [-0.3, -0.25) is 14.7 Å². The second kappa shape index (κ2) is 9.32. The standard InChI is InChI=1S/C21H19N3O5/c1-28-17-9-7-16(8-10-17)19-22-13-18(20(26)24(19)11-12-25)23-21(27)29-14-15-5-3-2-4-6-15/h2-10,12-13H,11,14H2,1H3,(H,23,27). The fourth-order valence-corrected chi connectivity index (χ4v) is 2.66. The van der Waals surface area contributed by atoms with Crippen molar-refractivity contribution in [3.8, 4) is 17.1 Å². The Morgan fingerprint density at radius 2 is 1.86 bits per heavy atom. The number of hydrogen-bond donors (Lipinski definition) is 1. The van der Waals surface area contributed by atoms with Gasteiger partial charge >= 0.3 is 6.09 Å². The van der Waals surface area contributed by atoms with Crippen LogP contribution in [-0.2, 0) is 22.7 Å². The highest BCUT2D eigenvalue weighted by Crippen LogP contribution is 2.20. The molecule has 8 nitrogen and oxygen atoms in total. The first-order chi connectivity index (χ1) is 14.1. The highest BCUT2D eigenvalue weighted by molar-refractivity contribution is 5.84. The SMILES string of the molecule is COc1ccc(-c2ncc(NC(=O)OCc3ccccc3)c(=O)n2CC=O)cc1. The summed E-state index contributed by atoms with van der Waals surface area (Å²) in [6.07, 6.45) is 1.04. The lowest BCUT2D eigenvalue weighted by molar-refractivity contribution is -0.108. The number of nitrogens with one attached hydrogen (secondary N) is 1. The molecule has 1 amide bonds. The maximum absolute atomic E-state index is 12.8. The van der Waals surface area contributed by atoms with E-state index in [0.29, 0.717) is 23.4 Å². The summed E-state index contributed by atoms with van der Waals surface area (Å²) in [7, 11) is 1.55. The van der Waals surface area contributed by atoms with Gasteiger partial charge in [0.05, 0.1) is 19.9 Å². The smallest absolute Gasteiger partial charge is 0.412 e. The van der Waals surface area contributed by atoms with Crippen molar-refractivity contribution >= 4 is 18.1 Å². The number of hydrogen-bond acceptors (Lipinski definition) is 6. The van der Waals surface area contributed by atoms with E-state index in [1.165, 1.54) is 10.8 Å². The lowest BCUT2D eigenvalue weighted by Gasteiger charge is -2.12. The molecule has 0 unspecified atom stereocenters. The van der Waals surface area contributed by atoms with Crippen molar-refractivity contribution in [2.75, 3.05) is 12.4 Å². The van der Waals surface area contributed by atoms with Gasteiger partial charge in [0, 0.05) is 5.56 Å². The summed E-state index contributed by atoms with van der Waals surface area (Å²) in [5, 5.41) is 2.38. The first kappa shape index (κ1) is 19.8. The lowest BCUT2D eigenvalue weighted by atomic mass is 10.2. The highest BCUT2D eigenvalue weighted by atomic mass is 16.5. The number of anilines is 1. The number of carbonyl (C=O) groups excluding carboxylic acids is 2. The molecule has 0 fully saturated rings. The van der Waals surface area contributed by atoms with Crippen molar-refractivity contribution < 1.29 is 19.1 Å². The molecule has 0 saturated heterocycles. The zero-order valence-corrected chi connectivity index (χ0v) is 15.7. The molecular formula is C21H19N3O5. The first-order valence-electron chi connectivity index (χ1n) is 8.78. The maximum atomic E-state index is 12.8. The molecule has 2 aromatic carbocycles. The fraction of sp³-hybridized carbons (Fsp3) is 0.143. The van der Waals surface area contributed by atoms with E-state index in [4.69, 9.17) is 9.47 Å². The Hall–Kier alpha value is -3.94. The quantitative estimate of drug-likeness (QED) is 0.620. The van der Waals surface area contributed by atoms with Crippen LogP contribution in [0.15, 0.2) is 65.6 Å². The van der Waals surface area contributed by atoms with Crippen LogP contribution in [0.3, 0.4) is 0 Å². The molecule has 3 rings (SSSR count). The number of methoxy groups -OCH3 is 1. The number of rotatable bonds is 7. The minimum atomic E-state index is -0.789. The monoisotopic (exact) mass is 393 g/mol. The van der Waals surface area contributed by atoms with Crippen LogP contribution in [0.2, 0.25) is 0 Å². The Bertz CT molecular complexity index is 1050. The van der Waals surface area contributed by atoms with Gasteiger partial charge in [0.1, 0.15) is 30.2 Å². The summed E-state index contributed by atoms with van der Waals surface area (Å²) in [5.41, 5.74) is 0.800. The van der Waals surface area contributed by atoms with Crippen molar-refractivity contribution in [3.63, 3.8) is 0 Å². The Labute approximate surface area is 166 Å². The summed E-state index contributed by atoms with van der Waals surface area (Å²) in [6.45, 7) is -0.145. The molecule has 0 radical (unpaired) electrons. The van der Waals surface area contributed by atoms with Gasteiger partial charge in [0.15, 0.2) is 0 Å². The van der Waals surface area contributed by atoms with Crippen LogP contribution in [0.4, 0.5) is 10.5 Å². The minimum absolute atomic E-state index is 0.0621. The normalized spacial score (nSPS) is 10.2. The summed E-state index contributed by atoms with van der Waals surface area (Å²) in [5.74, 6) is 0.949. The van der Waals surface area contributed by atoms with E-state index < -0.39 is 11.7 Å². The molecule has 0 aliphatic rings. The average molecular weight is 393 g/mol. The molecule has 0 aliphatic carbocycles. The molecule has 1 aromatic heterocycles. The number of aldehydes is 1. The molecule has 0 saturated carbocycles. The third-order valence-corrected chi connectivity index (χ3v) is 4.10. The molecule has 0 aliphatic heterocycles. The third kappa shape index (κ3) is 4.86. The van der Waals surface area contributed by atoms with Crippen molar-refractivity contribution in [1.29, 1.82) is 0 Å². The van der Waals surface area contributed by atoms with Gasteiger partial charge in [0.2, 0.25) is 0 Å². The van der Waals surface area contributed by atoms with E-state index in [9.17, 15) is 14.4 Å². The Morgan fingerprint density at radius 1 is 1.14 bits per heavy atom. The van der Waals surface area contributed by atoms with Crippen LogP contribution in [0.1, 0.15) is 5.56 Å². The van der Waals surface area contributed by atoms with E-state index in [-0.39, 0.29) is 18.8 Å². The van der Waals surface area contributed by atoms with Crippen molar-refractivity contribution in [1.82, 2.24) is 9.55 Å². The van der Waals surface area contributed by atoms with Gasteiger partial charge in [-0.1, -0.05) is 30.3 Å². The summed E-state index contributed by atoms with van der Waals surface area (Å²) < 4.78 is 11.4. The van der Waals surface area contributed by atoms with Gasteiger partial charge in [-0.25, -0.2) is 9.78 Å². The molecule has 3 aromatic rings. The van der Waals surface area contributed by atoms with Gasteiger partial charge < -0.3 is 14.3 Å². The van der Waals surface area contributed by atoms with E-state index in [0.717, 1.165) is 5.56 Å². The van der Waals surface area contributed by atoms with Gasteiger partial charge in [-0.15, -0.1) is 0 Å². The van der Waals surface area contributed by atoms with Crippen LogP contribution >= 0.6 is 0 Å². The molecule has 0 bridgehead atoms. The Morgan fingerprint density at radius 3 is 2.52 bits per heavy atom. The zero-order chi connectivity index (χ0) is 20.6. The van der Waals surface area contributed by atoms with E-state index in [2.05, 4.69) is 10.3 Å². The predicted molar refractivity (Wildman–Crippen MR) is 107 cm³/mol. The summed E-state index contributed by atoms with van der Waals surface area (Å²) in [6, 6.07) is 16.0. The maximum Gasteiger partial charge on any atom is 0.412 e. The number of nitrogens with zero attached hydrogens (tertiary/aromatic N) is 2. The summed E-state index contributed by atoms with van der Waals surface area (Å²) >= 11 is 0. The van der Waals surface area contributed by atoms with E-state index in [1.807, 2.05) is 30.3 Å². The van der Waals surface area contributed by atoms with Crippen molar-refractivity contribution in [3.05, 3.63) is 76.7 Å². The van der Waals surface area contributed by atoms with Crippen LogP contribution in [-0.4, -0.2) is 29.0 Å². The molecule has 0 spiro atoms. The van der Waals surface area contributed by atoms with Gasteiger partial charge in [-0.05, 0) is 29.8 Å². The number of carbonyl (C=O) groups is 2. The second-order valence-corrected chi connectivity index (χ2v) is 5.99. The summed E-state index contributed by atoms with van der Waals surface area (Å²) in [4.78, 5) is 40.1. The van der Waals surface area contributed by atoms with E-state index in [1.54, 1.807) is 31.4 Å². The van der Waals surface area contributed by atoms with Crippen LogP contribution < -0.4 is 15.6 Å². The molecule has 0 atom stereocenters. The van der Waals surface area contributed by atoms with Crippen LogP contribution in [0.25, 0.3) is 11.4 Å². The van der Waals surface area contributed by atoms with E-state index >= 15 is 0 Å². The second-order valence-electron chi connectivity index (χ2n) is 5.99. The molecule has 1 N–H and O–H groups in total. The average Bonchev–Trinajstić information content (AvgIpc) is 2.76. The number of amides is 1. The van der Waals surface area contributed by atoms with Crippen molar-refractivity contribution in [2.24, 2.45) is 0 Å². The molecular weight excluding hydrogens is 374 g/mol. The van der Waals surface area contributed by atoms with Crippen LogP contribution in [0.5, 0.6) is 5.75 Å². The molecule has 1 heterocycles. The van der Waals surface area contributed by atoms with Gasteiger partial charge in [-0.2, -0.15) is 0 Å². The third-order valence-electron chi connectivity index (χ3n) is 4.10. The Balaban J connectivity index is 1.81.